The van der Waals surface area contributed by atoms with Gasteiger partial charge in [-0.15, -0.1) is 0 Å². The van der Waals surface area contributed by atoms with Crippen LogP contribution < -0.4 is 0 Å². The van der Waals surface area contributed by atoms with Crippen LogP contribution in [0.15, 0.2) is 0 Å². The van der Waals surface area contributed by atoms with Gasteiger partial charge in [0, 0.05) is 10.5 Å². The molecule has 0 radical (unpaired) electrons. The van der Waals surface area contributed by atoms with Crippen molar-refractivity contribution < 1.29 is 14.0 Å². The summed E-state index contributed by atoms with van der Waals surface area (Å²) in [7, 11) is 0. The zero-order valence-electron chi connectivity index (χ0n) is 9.26. The summed E-state index contributed by atoms with van der Waals surface area (Å²) in [6.07, 6.45) is 1.89. The van der Waals surface area contributed by atoms with E-state index in [-0.39, 0.29) is 6.42 Å². The van der Waals surface area contributed by atoms with Crippen molar-refractivity contribution in [1.82, 2.24) is 0 Å². The van der Waals surface area contributed by atoms with E-state index in [1.165, 1.54) is 0 Å². The quantitative estimate of drug-likeness (QED) is 0.647. The Balaban J connectivity index is 4.11. The van der Waals surface area contributed by atoms with Crippen molar-refractivity contribution in [2.24, 2.45) is 5.92 Å². The number of carbonyl (C=O) groups is 1. The SMILES string of the molecule is [2H]C([2H])([2H])[C@@H](CCCC)CC(=O)O. The molecule has 0 rings (SSSR count). The maximum Gasteiger partial charge on any atom is 0.303 e. The fourth-order valence-electron chi connectivity index (χ4n) is 0.763. The van der Waals surface area contributed by atoms with Gasteiger partial charge in [0.1, 0.15) is 0 Å². The summed E-state index contributed by atoms with van der Waals surface area (Å²) in [5.74, 6) is -1.72. The van der Waals surface area contributed by atoms with Gasteiger partial charge < -0.3 is 5.11 Å². The molecule has 0 saturated carbocycles. The first-order chi connectivity index (χ1) is 5.88. The minimum atomic E-state index is -2.13. The predicted octanol–water partition coefficient (Wildman–Crippen LogP) is 2.29. The third kappa shape index (κ3) is 5.60. The molecule has 0 unspecified atom stereocenters. The molecule has 1 atom stereocenters. The summed E-state index contributed by atoms with van der Waals surface area (Å²) in [5, 5.41) is 8.50. The van der Waals surface area contributed by atoms with E-state index in [0.29, 0.717) is 6.42 Å². The number of hydrogen-bond acceptors (Lipinski definition) is 1. The maximum absolute atomic E-state index is 10.4. The van der Waals surface area contributed by atoms with E-state index < -0.39 is 18.7 Å². The molecule has 0 heterocycles. The largest absolute Gasteiger partial charge is 0.481 e. The lowest BCUT2D eigenvalue weighted by Gasteiger charge is -2.05. The molecular weight excluding hydrogens is 128 g/mol. The van der Waals surface area contributed by atoms with Crippen molar-refractivity contribution in [2.45, 2.75) is 39.5 Å². The Morgan fingerprint density at radius 1 is 1.80 bits per heavy atom. The third-order valence-electron chi connectivity index (χ3n) is 1.33. The molecule has 0 bridgehead atoms. The molecule has 2 nitrogen and oxygen atoms in total. The van der Waals surface area contributed by atoms with Gasteiger partial charge in [0.05, 0.1) is 0 Å². The lowest BCUT2D eigenvalue weighted by molar-refractivity contribution is -0.138. The minimum Gasteiger partial charge on any atom is -0.481 e. The highest BCUT2D eigenvalue weighted by molar-refractivity contribution is 5.66. The Kier molecular flexibility index (Phi) is 2.72. The van der Waals surface area contributed by atoms with Crippen LogP contribution in [0.3, 0.4) is 0 Å². The number of unbranched alkanes of at least 4 members (excludes halogenated alkanes) is 1. The molecule has 0 aromatic heterocycles. The standard InChI is InChI=1S/C8H16O2/c1-3-4-5-7(2)6-8(9)10/h7H,3-6H2,1-2H3,(H,9,10)/t7-/m0/s1/i2D3. The molecule has 0 aromatic rings. The highest BCUT2D eigenvalue weighted by Crippen LogP contribution is 2.10. The zero-order valence-corrected chi connectivity index (χ0v) is 6.26. The molecule has 60 valence electrons. The molecular formula is C8H16O2. The number of hydrogen-bond donors (Lipinski definition) is 1. The normalized spacial score (nSPS) is 18.7. The van der Waals surface area contributed by atoms with Crippen LogP contribution in [0.1, 0.15) is 43.6 Å². The molecule has 0 aliphatic carbocycles. The molecule has 10 heavy (non-hydrogen) atoms. The molecule has 0 fully saturated rings. The maximum atomic E-state index is 10.4. The highest BCUT2D eigenvalue weighted by Gasteiger charge is 2.05. The molecule has 0 aliphatic heterocycles. The first kappa shape index (κ1) is 5.16. The average Bonchev–Trinajstić information content (AvgIpc) is 1.95. The monoisotopic (exact) mass is 147 g/mol. The number of aliphatic carboxylic acids is 1. The first-order valence-corrected chi connectivity index (χ1v) is 3.59. The molecule has 0 aliphatic rings. The van der Waals surface area contributed by atoms with Crippen LogP contribution in [0.4, 0.5) is 0 Å². The molecule has 2 heteroatoms. The Hall–Kier alpha value is -0.530. The van der Waals surface area contributed by atoms with Crippen LogP contribution in [0, 0.1) is 5.92 Å². The molecule has 0 spiro atoms. The van der Waals surface area contributed by atoms with E-state index in [2.05, 4.69) is 0 Å². The zero-order chi connectivity index (χ0) is 10.5. The van der Waals surface area contributed by atoms with Crippen LogP contribution in [-0.4, -0.2) is 11.1 Å². The summed E-state index contributed by atoms with van der Waals surface area (Å²) in [6, 6.07) is 0. The highest BCUT2D eigenvalue weighted by atomic mass is 16.4. The van der Waals surface area contributed by atoms with Gasteiger partial charge in [0.15, 0.2) is 0 Å². The Bertz CT molecular complexity index is 165. The number of carboxylic acid groups (broad SMARTS) is 1. The summed E-state index contributed by atoms with van der Waals surface area (Å²) < 4.78 is 21.4. The molecule has 0 saturated heterocycles. The molecule has 1 N–H and O–H groups in total. The molecule has 0 aromatic carbocycles. The van der Waals surface area contributed by atoms with Crippen molar-refractivity contribution in [1.29, 1.82) is 0 Å². The van der Waals surface area contributed by atoms with Gasteiger partial charge in [0.2, 0.25) is 0 Å². The summed E-state index contributed by atoms with van der Waals surface area (Å²) >= 11 is 0. The van der Waals surface area contributed by atoms with E-state index >= 15 is 0 Å². The van der Waals surface area contributed by atoms with Crippen molar-refractivity contribution in [3.05, 3.63) is 0 Å². The van der Waals surface area contributed by atoms with Crippen LogP contribution in [0.5, 0.6) is 0 Å². The Labute approximate surface area is 66.5 Å². The second kappa shape index (κ2) is 5.27. The third-order valence-corrected chi connectivity index (χ3v) is 1.33. The fourth-order valence-corrected chi connectivity index (χ4v) is 0.763. The van der Waals surface area contributed by atoms with E-state index in [4.69, 9.17) is 9.22 Å². The lowest BCUT2D eigenvalue weighted by Crippen LogP contribution is -2.03. The van der Waals surface area contributed by atoms with Crippen molar-refractivity contribution in [3.8, 4) is 0 Å². The first-order valence-electron chi connectivity index (χ1n) is 5.09. The van der Waals surface area contributed by atoms with Gasteiger partial charge in [-0.2, -0.15) is 0 Å². The van der Waals surface area contributed by atoms with Gasteiger partial charge in [-0.1, -0.05) is 33.0 Å². The lowest BCUT2D eigenvalue weighted by atomic mass is 10.0. The van der Waals surface area contributed by atoms with Gasteiger partial charge in [-0.25, -0.2) is 0 Å². The predicted molar refractivity (Wildman–Crippen MR) is 40.9 cm³/mol. The van der Waals surface area contributed by atoms with Crippen LogP contribution in [-0.2, 0) is 4.79 Å². The Morgan fingerprint density at radius 2 is 2.50 bits per heavy atom. The smallest absolute Gasteiger partial charge is 0.303 e. The van der Waals surface area contributed by atoms with E-state index in [0.717, 1.165) is 12.8 Å². The van der Waals surface area contributed by atoms with Crippen LogP contribution in [0.2, 0.25) is 0 Å². The van der Waals surface area contributed by atoms with E-state index in [1.54, 1.807) is 0 Å². The average molecular weight is 147 g/mol. The van der Waals surface area contributed by atoms with Crippen LogP contribution in [0.25, 0.3) is 0 Å². The van der Waals surface area contributed by atoms with E-state index in [1.807, 2.05) is 6.92 Å². The summed E-state index contributed by atoms with van der Waals surface area (Å²) in [4.78, 5) is 10.4. The molecule has 0 amide bonds. The summed E-state index contributed by atoms with van der Waals surface area (Å²) in [6.45, 7) is -0.176. The van der Waals surface area contributed by atoms with Crippen molar-refractivity contribution >= 4 is 5.97 Å². The topological polar surface area (TPSA) is 37.3 Å². The van der Waals surface area contributed by atoms with Crippen molar-refractivity contribution in [3.63, 3.8) is 0 Å². The van der Waals surface area contributed by atoms with Gasteiger partial charge in [-0.05, 0) is 5.92 Å². The second-order valence-corrected chi connectivity index (χ2v) is 2.44. The Morgan fingerprint density at radius 3 is 2.90 bits per heavy atom. The van der Waals surface area contributed by atoms with Crippen LogP contribution >= 0.6 is 0 Å². The fraction of sp³-hybridized carbons (Fsp3) is 0.875. The van der Waals surface area contributed by atoms with Crippen molar-refractivity contribution in [2.75, 3.05) is 0 Å². The number of rotatable bonds is 5. The van der Waals surface area contributed by atoms with E-state index in [9.17, 15) is 4.79 Å². The van der Waals surface area contributed by atoms with Gasteiger partial charge >= 0.3 is 5.97 Å². The minimum absolute atomic E-state index is 0.253. The number of carboxylic acids is 1. The van der Waals surface area contributed by atoms with Gasteiger partial charge in [0.25, 0.3) is 0 Å². The van der Waals surface area contributed by atoms with Gasteiger partial charge in [-0.3, -0.25) is 4.79 Å². The second-order valence-electron chi connectivity index (χ2n) is 2.44. The summed E-state index contributed by atoms with van der Waals surface area (Å²) in [5.41, 5.74) is 0.